The molecule has 11 aromatic rings. The molecule has 0 radical (unpaired) electrons. The third-order valence-electron chi connectivity index (χ3n) is 13.5. The number of hydrogen-bond donors (Lipinski definition) is 0. The minimum absolute atomic E-state index is 0.0102. The first-order valence-electron chi connectivity index (χ1n) is 23.0. The van der Waals surface area contributed by atoms with Crippen molar-refractivity contribution in [3.8, 4) is 0 Å². The third kappa shape index (κ3) is 6.89. The van der Waals surface area contributed by atoms with Gasteiger partial charge in [0.15, 0.2) is 0 Å². The Morgan fingerprint density at radius 3 is 1.00 bits per heavy atom. The standard InChI is InChI=1S/C60H57N3S2/c1-36-12-20-41(21-13-36)61(43-24-16-38(17-25-43)58(3,4)5)45-28-30-47-51(34-45)64-56-49-32-40(60(9,10)11)33-50-53(49)63(54(47)56)55-48-31-29-46(35-52(48)65-57(50)55)62(42-22-14-37(2)15-23-42)44-26-18-39(19-27-44)59(6,7)8/h12-35H,1-11H3. The lowest BCUT2D eigenvalue weighted by Gasteiger charge is -2.27. The van der Waals surface area contributed by atoms with E-state index >= 15 is 0 Å². The maximum absolute atomic E-state index is 2.63. The molecule has 0 spiro atoms. The van der Waals surface area contributed by atoms with Gasteiger partial charge in [0, 0.05) is 65.1 Å². The fourth-order valence-electron chi connectivity index (χ4n) is 9.72. The molecule has 0 unspecified atom stereocenters. The Bertz CT molecular complexity index is 3350. The zero-order chi connectivity index (χ0) is 45.3. The van der Waals surface area contributed by atoms with Gasteiger partial charge in [-0.2, -0.15) is 0 Å². The minimum atomic E-state index is -0.0102. The van der Waals surface area contributed by atoms with E-state index in [0.717, 1.165) is 34.1 Å². The molecule has 0 aliphatic heterocycles. The largest absolute Gasteiger partial charge is 0.310 e. The summed E-state index contributed by atoms with van der Waals surface area (Å²) in [6.45, 7) is 25.0. The van der Waals surface area contributed by atoms with Crippen molar-refractivity contribution in [1.82, 2.24) is 4.40 Å². The highest BCUT2D eigenvalue weighted by molar-refractivity contribution is 7.27. The van der Waals surface area contributed by atoms with Crippen LogP contribution in [0.2, 0.25) is 0 Å². The first-order chi connectivity index (χ1) is 30.9. The van der Waals surface area contributed by atoms with Crippen LogP contribution < -0.4 is 9.80 Å². The van der Waals surface area contributed by atoms with Crippen LogP contribution in [0.4, 0.5) is 34.1 Å². The highest BCUT2D eigenvalue weighted by Crippen LogP contribution is 2.52. The van der Waals surface area contributed by atoms with Crippen molar-refractivity contribution in [2.45, 2.75) is 92.4 Å². The van der Waals surface area contributed by atoms with Crippen molar-refractivity contribution in [3.05, 3.63) is 173 Å². The molecular formula is C60H57N3S2. The van der Waals surface area contributed by atoms with Gasteiger partial charge in [-0.15, -0.1) is 22.7 Å². The molecule has 0 aliphatic carbocycles. The summed E-state index contributed by atoms with van der Waals surface area (Å²) in [6.07, 6.45) is 0. The Morgan fingerprint density at radius 2 is 0.662 bits per heavy atom. The van der Waals surface area contributed by atoms with Crippen LogP contribution in [0.25, 0.3) is 56.9 Å². The number of aromatic nitrogens is 1. The van der Waals surface area contributed by atoms with E-state index in [4.69, 9.17) is 0 Å². The highest BCUT2D eigenvalue weighted by Gasteiger charge is 2.28. The lowest BCUT2D eigenvalue weighted by Crippen LogP contribution is -2.13. The lowest BCUT2D eigenvalue weighted by molar-refractivity contribution is 0.590. The van der Waals surface area contributed by atoms with E-state index < -0.39 is 0 Å². The quantitative estimate of drug-likeness (QED) is 0.165. The number of hydrogen-bond acceptors (Lipinski definition) is 4. The Balaban J connectivity index is 1.12. The summed E-state index contributed by atoms with van der Waals surface area (Å²) in [4.78, 5) is 4.83. The van der Waals surface area contributed by atoms with Crippen LogP contribution in [0, 0.1) is 13.8 Å². The second-order valence-corrected chi connectivity index (χ2v) is 23.5. The smallest absolute Gasteiger partial charge is 0.0728 e. The van der Waals surface area contributed by atoms with Gasteiger partial charge in [-0.05, 0) is 144 Å². The predicted octanol–water partition coefficient (Wildman–Crippen LogP) is 18.7. The van der Waals surface area contributed by atoms with Crippen LogP contribution in [0.1, 0.15) is 90.1 Å². The number of benzene rings is 7. The van der Waals surface area contributed by atoms with Gasteiger partial charge in [0.1, 0.15) is 0 Å². The van der Waals surface area contributed by atoms with Crippen molar-refractivity contribution in [3.63, 3.8) is 0 Å². The van der Waals surface area contributed by atoms with Crippen molar-refractivity contribution in [1.29, 1.82) is 0 Å². The van der Waals surface area contributed by atoms with Gasteiger partial charge >= 0.3 is 0 Å². The van der Waals surface area contributed by atoms with E-state index in [9.17, 15) is 0 Å². The SMILES string of the molecule is Cc1ccc(N(c2ccc(C(C)(C)C)cc2)c2ccc3c(c2)sc2c4cc(C(C)(C)C)cc5c6sc7cc(N(c8ccc(C)cc8)c8ccc(C(C)(C)C)cc8)ccc7c6n(c45)c32)cc1. The van der Waals surface area contributed by atoms with E-state index in [-0.39, 0.29) is 16.2 Å². The third-order valence-corrected chi connectivity index (χ3v) is 15.9. The van der Waals surface area contributed by atoms with Crippen LogP contribution in [0.15, 0.2) is 146 Å². The van der Waals surface area contributed by atoms with Crippen LogP contribution in [0.3, 0.4) is 0 Å². The molecule has 324 valence electrons. The van der Waals surface area contributed by atoms with Gasteiger partial charge in [0.2, 0.25) is 0 Å². The number of nitrogens with zero attached hydrogens (tertiary/aromatic N) is 3. The molecule has 4 aromatic heterocycles. The van der Waals surface area contributed by atoms with E-state index in [1.54, 1.807) is 0 Å². The number of fused-ring (bicyclic) bond motifs is 10. The van der Waals surface area contributed by atoms with Crippen molar-refractivity contribution >= 4 is 114 Å². The molecule has 7 aromatic carbocycles. The number of aryl methyl sites for hydroxylation is 2. The molecule has 5 heteroatoms. The summed E-state index contributed by atoms with van der Waals surface area (Å²) in [7, 11) is 0. The second-order valence-electron chi connectivity index (χ2n) is 21.4. The highest BCUT2D eigenvalue weighted by atomic mass is 32.1. The molecular weight excluding hydrogens is 827 g/mol. The monoisotopic (exact) mass is 883 g/mol. The average Bonchev–Trinajstić information content (AvgIpc) is 4.00. The molecule has 0 atom stereocenters. The first kappa shape index (κ1) is 41.6. The van der Waals surface area contributed by atoms with Crippen molar-refractivity contribution in [2.24, 2.45) is 0 Å². The maximum Gasteiger partial charge on any atom is 0.0728 e. The molecule has 11 rings (SSSR count). The van der Waals surface area contributed by atoms with Gasteiger partial charge in [-0.3, -0.25) is 0 Å². The molecule has 0 saturated heterocycles. The summed E-state index contributed by atoms with van der Waals surface area (Å²) in [6, 6.07) is 55.4. The molecule has 0 aliphatic rings. The van der Waals surface area contributed by atoms with Crippen LogP contribution in [-0.2, 0) is 16.2 Å². The topological polar surface area (TPSA) is 10.9 Å². The summed E-state index contributed by atoms with van der Waals surface area (Å²) in [5.74, 6) is 0. The lowest BCUT2D eigenvalue weighted by atomic mass is 9.86. The van der Waals surface area contributed by atoms with E-state index in [1.807, 2.05) is 22.7 Å². The summed E-state index contributed by atoms with van der Waals surface area (Å²) < 4.78 is 7.95. The Morgan fingerprint density at radius 1 is 0.338 bits per heavy atom. The van der Waals surface area contributed by atoms with Gasteiger partial charge in [0.05, 0.1) is 25.9 Å². The van der Waals surface area contributed by atoms with Crippen molar-refractivity contribution < 1.29 is 0 Å². The van der Waals surface area contributed by atoms with E-state index in [2.05, 4.69) is 236 Å². The Labute approximate surface area is 391 Å². The molecule has 0 amide bonds. The van der Waals surface area contributed by atoms with E-state index in [1.165, 1.54) is 84.7 Å². The molecule has 3 nitrogen and oxygen atoms in total. The van der Waals surface area contributed by atoms with Gasteiger partial charge in [0.25, 0.3) is 0 Å². The molecule has 4 heterocycles. The molecule has 0 fully saturated rings. The fourth-order valence-corrected chi connectivity index (χ4v) is 12.2. The summed E-state index contributed by atoms with van der Waals surface area (Å²) >= 11 is 3.88. The molecule has 0 bridgehead atoms. The first-order valence-corrected chi connectivity index (χ1v) is 24.6. The molecule has 0 saturated carbocycles. The zero-order valence-electron chi connectivity index (χ0n) is 39.5. The predicted molar refractivity (Wildman–Crippen MR) is 287 cm³/mol. The summed E-state index contributed by atoms with van der Waals surface area (Å²) in [5, 5.41) is 5.31. The van der Waals surface area contributed by atoms with Crippen LogP contribution >= 0.6 is 22.7 Å². The Kier molecular flexibility index (Phi) is 9.39. The van der Waals surface area contributed by atoms with E-state index in [0.29, 0.717) is 0 Å². The number of rotatable bonds is 6. The van der Waals surface area contributed by atoms with Gasteiger partial charge in [-0.25, -0.2) is 0 Å². The number of thiophene rings is 2. The minimum Gasteiger partial charge on any atom is -0.310 e. The van der Waals surface area contributed by atoms with Gasteiger partial charge < -0.3 is 14.2 Å². The maximum atomic E-state index is 2.63. The normalized spacial score (nSPS) is 12.8. The molecule has 0 N–H and O–H groups in total. The molecule has 65 heavy (non-hydrogen) atoms. The van der Waals surface area contributed by atoms with Crippen molar-refractivity contribution in [2.75, 3.05) is 9.80 Å². The zero-order valence-corrected chi connectivity index (χ0v) is 41.1. The summed E-state index contributed by atoms with van der Waals surface area (Å²) in [5.41, 5.74) is 17.6. The van der Waals surface area contributed by atoms with Gasteiger partial charge in [-0.1, -0.05) is 122 Å². The Hall–Kier alpha value is -6.14. The average molecular weight is 884 g/mol. The number of anilines is 6. The fraction of sp³-hybridized carbons (Fsp3) is 0.233. The van der Waals surface area contributed by atoms with Crippen LogP contribution in [0.5, 0.6) is 0 Å². The second kappa shape index (κ2) is 14.7. The van der Waals surface area contributed by atoms with Crippen LogP contribution in [-0.4, -0.2) is 4.40 Å².